The molecule has 0 fully saturated rings. The van der Waals surface area contributed by atoms with Crippen LogP contribution in [0.15, 0.2) is 78.9 Å². The Morgan fingerprint density at radius 1 is 0.833 bits per heavy atom. The molecule has 0 radical (unpaired) electrons. The van der Waals surface area contributed by atoms with E-state index in [1.54, 1.807) is 24.3 Å². The fourth-order valence-electron chi connectivity index (χ4n) is 2.39. The predicted octanol–water partition coefficient (Wildman–Crippen LogP) is 4.40. The van der Waals surface area contributed by atoms with Gasteiger partial charge in [-0.05, 0) is 29.3 Å². The average molecular weight is 342 g/mol. The summed E-state index contributed by atoms with van der Waals surface area (Å²) >= 11 is 0. The molecule has 0 amide bonds. The Balaban J connectivity index is 1.88. The summed E-state index contributed by atoms with van der Waals surface area (Å²) in [4.78, 5) is 0. The molecule has 122 valence electrons. The summed E-state index contributed by atoms with van der Waals surface area (Å²) in [5.41, 5.74) is 1.88. The van der Waals surface area contributed by atoms with Gasteiger partial charge in [0.15, 0.2) is 0 Å². The van der Waals surface area contributed by atoms with Crippen molar-refractivity contribution in [3.05, 3.63) is 90.2 Å². The van der Waals surface area contributed by atoms with Crippen LogP contribution in [-0.4, -0.2) is 8.42 Å². The molecule has 0 aliphatic rings. The van der Waals surface area contributed by atoms with Crippen LogP contribution < -0.4 is 4.18 Å². The SMILES string of the molecule is O=S(=O)(Cc1cccc(F)c1)Oc1ccccc1-c1ccccc1. The maximum Gasteiger partial charge on any atom is 0.313 e. The van der Waals surface area contributed by atoms with Crippen LogP contribution in [0.25, 0.3) is 11.1 Å². The summed E-state index contributed by atoms with van der Waals surface area (Å²) in [7, 11) is -3.90. The standard InChI is InChI=1S/C19H15FO3S/c20-17-10-6-7-15(13-17)14-24(21,22)23-19-12-5-4-11-18(19)16-8-2-1-3-9-16/h1-13H,14H2. The van der Waals surface area contributed by atoms with Crippen molar-refractivity contribution >= 4 is 10.1 Å². The van der Waals surface area contributed by atoms with Crippen molar-refractivity contribution in [2.45, 2.75) is 5.75 Å². The van der Waals surface area contributed by atoms with Crippen LogP contribution in [0.2, 0.25) is 0 Å². The van der Waals surface area contributed by atoms with Crippen LogP contribution in [0.1, 0.15) is 5.56 Å². The van der Waals surface area contributed by atoms with Crippen LogP contribution in [0.4, 0.5) is 4.39 Å². The van der Waals surface area contributed by atoms with Gasteiger partial charge < -0.3 is 4.18 Å². The lowest BCUT2D eigenvalue weighted by molar-refractivity contribution is 0.486. The molecule has 3 nitrogen and oxygen atoms in total. The first kappa shape index (κ1) is 16.2. The second-order valence-corrected chi connectivity index (χ2v) is 6.85. The first-order valence-electron chi connectivity index (χ1n) is 7.34. The largest absolute Gasteiger partial charge is 0.382 e. The van der Waals surface area contributed by atoms with Crippen LogP contribution in [0.3, 0.4) is 0 Å². The van der Waals surface area contributed by atoms with Crippen LogP contribution in [0, 0.1) is 5.82 Å². The van der Waals surface area contributed by atoms with Crippen molar-refractivity contribution < 1.29 is 17.0 Å². The van der Waals surface area contributed by atoms with Crippen molar-refractivity contribution in [3.63, 3.8) is 0 Å². The molecule has 0 bridgehead atoms. The zero-order valence-electron chi connectivity index (χ0n) is 12.7. The average Bonchev–Trinajstić information content (AvgIpc) is 2.55. The number of halogens is 1. The van der Waals surface area contributed by atoms with E-state index in [9.17, 15) is 12.8 Å². The molecule has 0 heterocycles. The van der Waals surface area contributed by atoms with Crippen molar-refractivity contribution in [2.24, 2.45) is 0 Å². The van der Waals surface area contributed by atoms with Gasteiger partial charge >= 0.3 is 10.1 Å². The van der Waals surface area contributed by atoms with E-state index in [1.165, 1.54) is 18.2 Å². The second kappa shape index (κ2) is 6.84. The highest BCUT2D eigenvalue weighted by atomic mass is 32.2. The third kappa shape index (κ3) is 4.00. The van der Waals surface area contributed by atoms with Gasteiger partial charge in [0.25, 0.3) is 0 Å². The van der Waals surface area contributed by atoms with E-state index >= 15 is 0 Å². The van der Waals surface area contributed by atoms with Gasteiger partial charge in [0.1, 0.15) is 17.3 Å². The molecular weight excluding hydrogens is 327 g/mol. The summed E-state index contributed by atoms with van der Waals surface area (Å²) in [5.74, 6) is -0.624. The van der Waals surface area contributed by atoms with E-state index < -0.39 is 21.7 Å². The highest BCUT2D eigenvalue weighted by Gasteiger charge is 2.17. The Kier molecular flexibility index (Phi) is 4.62. The maximum absolute atomic E-state index is 13.2. The first-order valence-corrected chi connectivity index (χ1v) is 8.92. The van der Waals surface area contributed by atoms with E-state index in [2.05, 4.69) is 0 Å². The minimum absolute atomic E-state index is 0.250. The topological polar surface area (TPSA) is 43.4 Å². The van der Waals surface area contributed by atoms with Crippen molar-refractivity contribution in [2.75, 3.05) is 0 Å². The lowest BCUT2D eigenvalue weighted by atomic mass is 10.1. The number of hydrogen-bond donors (Lipinski definition) is 0. The van der Waals surface area contributed by atoms with Crippen molar-refractivity contribution in [3.8, 4) is 16.9 Å². The highest BCUT2D eigenvalue weighted by molar-refractivity contribution is 7.86. The molecule has 0 spiro atoms. The van der Waals surface area contributed by atoms with E-state index in [0.29, 0.717) is 11.1 Å². The lowest BCUT2D eigenvalue weighted by Crippen LogP contribution is -2.12. The third-order valence-electron chi connectivity index (χ3n) is 3.42. The Morgan fingerprint density at radius 2 is 1.54 bits per heavy atom. The van der Waals surface area contributed by atoms with Crippen molar-refractivity contribution in [1.29, 1.82) is 0 Å². The van der Waals surface area contributed by atoms with Gasteiger partial charge in [0.2, 0.25) is 0 Å². The Morgan fingerprint density at radius 3 is 2.29 bits per heavy atom. The molecule has 0 saturated carbocycles. The van der Waals surface area contributed by atoms with Crippen LogP contribution in [0.5, 0.6) is 5.75 Å². The molecule has 0 aliphatic heterocycles. The molecule has 3 aromatic carbocycles. The minimum Gasteiger partial charge on any atom is -0.382 e. The summed E-state index contributed by atoms with van der Waals surface area (Å²) < 4.78 is 43.1. The summed E-state index contributed by atoms with van der Waals surface area (Å²) in [5, 5.41) is 0. The highest BCUT2D eigenvalue weighted by Crippen LogP contribution is 2.31. The lowest BCUT2D eigenvalue weighted by Gasteiger charge is -2.11. The van der Waals surface area contributed by atoms with Crippen molar-refractivity contribution in [1.82, 2.24) is 0 Å². The summed E-state index contributed by atoms with van der Waals surface area (Å²) in [6.45, 7) is 0. The number of para-hydroxylation sites is 1. The first-order chi connectivity index (χ1) is 11.5. The fourth-order valence-corrected chi connectivity index (χ4v) is 3.46. The van der Waals surface area contributed by atoms with Crippen LogP contribution >= 0.6 is 0 Å². The molecule has 0 saturated heterocycles. The molecular formula is C19H15FO3S. The normalized spacial score (nSPS) is 11.2. The summed E-state index contributed by atoms with van der Waals surface area (Å²) in [6.07, 6.45) is 0. The van der Waals surface area contributed by atoms with Gasteiger partial charge in [-0.1, -0.05) is 60.7 Å². The third-order valence-corrected chi connectivity index (χ3v) is 4.54. The van der Waals surface area contributed by atoms with Crippen LogP contribution in [-0.2, 0) is 15.9 Å². The van der Waals surface area contributed by atoms with E-state index in [-0.39, 0.29) is 5.75 Å². The monoisotopic (exact) mass is 342 g/mol. The Bertz CT molecular complexity index is 938. The van der Waals surface area contributed by atoms with E-state index in [0.717, 1.165) is 5.56 Å². The number of hydrogen-bond acceptors (Lipinski definition) is 3. The minimum atomic E-state index is -3.90. The number of rotatable bonds is 5. The van der Waals surface area contributed by atoms with Gasteiger partial charge in [0.05, 0.1) is 0 Å². The molecule has 0 N–H and O–H groups in total. The second-order valence-electron chi connectivity index (χ2n) is 5.28. The van der Waals surface area contributed by atoms with Gasteiger partial charge in [-0.15, -0.1) is 0 Å². The van der Waals surface area contributed by atoms with Gasteiger partial charge in [-0.3, -0.25) is 0 Å². The van der Waals surface area contributed by atoms with Gasteiger partial charge in [-0.2, -0.15) is 8.42 Å². The molecule has 24 heavy (non-hydrogen) atoms. The van der Waals surface area contributed by atoms with Gasteiger partial charge in [0, 0.05) is 5.56 Å². The van der Waals surface area contributed by atoms with E-state index in [4.69, 9.17) is 4.18 Å². The fraction of sp³-hybridized carbons (Fsp3) is 0.0526. The molecule has 0 atom stereocenters. The van der Waals surface area contributed by atoms with Gasteiger partial charge in [-0.25, -0.2) is 4.39 Å². The zero-order chi connectivity index (χ0) is 17.0. The predicted molar refractivity (Wildman–Crippen MR) is 91.5 cm³/mol. The molecule has 0 unspecified atom stereocenters. The Hall–Kier alpha value is -2.66. The smallest absolute Gasteiger partial charge is 0.313 e. The number of benzene rings is 3. The summed E-state index contributed by atoms with van der Waals surface area (Å²) in [6, 6.07) is 21.8. The molecule has 3 aromatic rings. The quantitative estimate of drug-likeness (QED) is 0.646. The van der Waals surface area contributed by atoms with E-state index in [1.807, 2.05) is 36.4 Å². The molecule has 0 aliphatic carbocycles. The maximum atomic E-state index is 13.2. The zero-order valence-corrected chi connectivity index (χ0v) is 13.5. The molecule has 0 aromatic heterocycles. The molecule has 5 heteroatoms. The molecule has 3 rings (SSSR count). The Labute approximate surface area is 140 Å².